The van der Waals surface area contributed by atoms with Crippen molar-refractivity contribution in [1.29, 1.82) is 0 Å². The Morgan fingerprint density at radius 3 is 2.91 bits per heavy atom. The lowest BCUT2D eigenvalue weighted by Crippen LogP contribution is -2.43. The fourth-order valence-corrected chi connectivity index (χ4v) is 1.34. The van der Waals surface area contributed by atoms with Crippen molar-refractivity contribution < 1.29 is 9.18 Å². The number of rotatable bonds is 2. The maximum absolute atomic E-state index is 13.0. The number of likely N-dealkylation sites (tertiary alicyclic amines) is 1. The first kappa shape index (κ1) is 8.46. The average Bonchev–Trinajstić information content (AvgIpc) is 2.04. The molecule has 1 rings (SSSR count). The summed E-state index contributed by atoms with van der Waals surface area (Å²) >= 11 is 0. The number of piperidine rings is 1. The molecule has 1 saturated heterocycles. The number of carbonyl (C=O) groups excluding carboxylic acids is 1. The molecule has 0 saturated carbocycles. The summed E-state index contributed by atoms with van der Waals surface area (Å²) in [6.07, 6.45) is 0.453. The number of hydrogen-bond donors (Lipinski definition) is 1. The van der Waals surface area contributed by atoms with Crippen molar-refractivity contribution in [2.75, 3.05) is 19.6 Å². The van der Waals surface area contributed by atoms with Crippen molar-refractivity contribution >= 4 is 6.41 Å². The van der Waals surface area contributed by atoms with E-state index in [1.165, 1.54) is 4.90 Å². The summed E-state index contributed by atoms with van der Waals surface area (Å²) < 4.78 is 13.0. The van der Waals surface area contributed by atoms with Crippen LogP contribution in [-0.4, -0.2) is 37.1 Å². The smallest absolute Gasteiger partial charge is 0.209 e. The fraction of sp³-hybridized carbons (Fsp3) is 0.857. The summed E-state index contributed by atoms with van der Waals surface area (Å²) in [5, 5.41) is 0. The molecule has 64 valence electrons. The van der Waals surface area contributed by atoms with E-state index >= 15 is 0 Å². The highest BCUT2D eigenvalue weighted by Crippen LogP contribution is 2.17. The third kappa shape index (κ3) is 1.89. The first-order valence-electron chi connectivity index (χ1n) is 3.81. The van der Waals surface area contributed by atoms with E-state index < -0.39 is 6.17 Å². The Balaban J connectivity index is 2.40. The highest BCUT2D eigenvalue weighted by Gasteiger charge is 2.26. The SMILES string of the molecule is NC[C@H]1CCN(C=O)CC1F. The minimum Gasteiger partial charge on any atom is -0.342 e. The maximum atomic E-state index is 13.0. The number of halogens is 1. The second kappa shape index (κ2) is 3.67. The number of carbonyl (C=O) groups is 1. The minimum atomic E-state index is -0.932. The number of hydrogen-bond acceptors (Lipinski definition) is 2. The predicted molar refractivity (Wildman–Crippen MR) is 39.7 cm³/mol. The van der Waals surface area contributed by atoms with E-state index in [1.54, 1.807) is 0 Å². The number of alkyl halides is 1. The van der Waals surface area contributed by atoms with E-state index in [2.05, 4.69) is 0 Å². The summed E-state index contributed by atoms with van der Waals surface area (Å²) in [5.41, 5.74) is 5.33. The van der Waals surface area contributed by atoms with Gasteiger partial charge >= 0.3 is 0 Å². The lowest BCUT2D eigenvalue weighted by atomic mass is 9.96. The van der Waals surface area contributed by atoms with Crippen molar-refractivity contribution in [3.05, 3.63) is 0 Å². The van der Waals surface area contributed by atoms with Crippen LogP contribution in [0.5, 0.6) is 0 Å². The Kier molecular flexibility index (Phi) is 2.82. The highest BCUT2D eigenvalue weighted by atomic mass is 19.1. The van der Waals surface area contributed by atoms with Crippen LogP contribution in [-0.2, 0) is 4.79 Å². The highest BCUT2D eigenvalue weighted by molar-refractivity contribution is 5.47. The molecular formula is C7H13FN2O. The van der Waals surface area contributed by atoms with Gasteiger partial charge in [0.1, 0.15) is 6.17 Å². The largest absolute Gasteiger partial charge is 0.342 e. The maximum Gasteiger partial charge on any atom is 0.209 e. The lowest BCUT2D eigenvalue weighted by molar-refractivity contribution is -0.120. The van der Waals surface area contributed by atoms with E-state index in [9.17, 15) is 9.18 Å². The Hall–Kier alpha value is -0.640. The zero-order chi connectivity index (χ0) is 8.27. The average molecular weight is 160 g/mol. The molecule has 2 N–H and O–H groups in total. The van der Waals surface area contributed by atoms with E-state index in [0.29, 0.717) is 25.9 Å². The zero-order valence-electron chi connectivity index (χ0n) is 6.37. The molecule has 1 heterocycles. The number of nitrogens with two attached hydrogens (primary N) is 1. The van der Waals surface area contributed by atoms with E-state index in [-0.39, 0.29) is 12.5 Å². The minimum absolute atomic E-state index is 0.0498. The van der Waals surface area contributed by atoms with Crippen LogP contribution < -0.4 is 5.73 Å². The Labute approximate surface area is 65.3 Å². The van der Waals surface area contributed by atoms with Gasteiger partial charge in [0, 0.05) is 12.5 Å². The van der Waals surface area contributed by atoms with Crippen LogP contribution in [0.15, 0.2) is 0 Å². The van der Waals surface area contributed by atoms with Gasteiger partial charge in [0.05, 0.1) is 6.54 Å². The lowest BCUT2D eigenvalue weighted by Gasteiger charge is -2.31. The molecule has 1 amide bonds. The molecule has 0 spiro atoms. The van der Waals surface area contributed by atoms with Gasteiger partial charge in [-0.3, -0.25) is 4.79 Å². The van der Waals surface area contributed by atoms with Crippen LogP contribution in [0.3, 0.4) is 0 Å². The molecule has 0 aromatic rings. The second-order valence-corrected chi connectivity index (χ2v) is 2.90. The monoisotopic (exact) mass is 160 g/mol. The molecular weight excluding hydrogens is 147 g/mol. The van der Waals surface area contributed by atoms with Gasteiger partial charge in [-0.1, -0.05) is 0 Å². The Morgan fingerprint density at radius 1 is 1.73 bits per heavy atom. The standard InChI is InChI=1S/C7H13FN2O/c8-7-4-10(5-11)2-1-6(7)3-9/h5-7H,1-4,9H2/t6-,7?/m1/s1. The second-order valence-electron chi connectivity index (χ2n) is 2.90. The number of amides is 1. The van der Waals surface area contributed by atoms with Gasteiger partial charge in [-0.2, -0.15) is 0 Å². The van der Waals surface area contributed by atoms with Crippen molar-refractivity contribution in [3.63, 3.8) is 0 Å². The Morgan fingerprint density at radius 2 is 2.45 bits per heavy atom. The van der Waals surface area contributed by atoms with E-state index in [1.807, 2.05) is 0 Å². The summed E-state index contributed by atoms with van der Waals surface area (Å²) in [6.45, 7) is 1.24. The quantitative estimate of drug-likeness (QED) is 0.567. The van der Waals surface area contributed by atoms with Crippen molar-refractivity contribution in [1.82, 2.24) is 4.90 Å². The van der Waals surface area contributed by atoms with Gasteiger partial charge < -0.3 is 10.6 Å². The van der Waals surface area contributed by atoms with Gasteiger partial charge in [-0.15, -0.1) is 0 Å². The molecule has 0 aliphatic carbocycles. The van der Waals surface area contributed by atoms with Crippen LogP contribution in [0.25, 0.3) is 0 Å². The van der Waals surface area contributed by atoms with Crippen molar-refractivity contribution in [2.45, 2.75) is 12.6 Å². The normalized spacial score (nSPS) is 32.0. The molecule has 1 aliphatic heterocycles. The third-order valence-corrected chi connectivity index (χ3v) is 2.16. The van der Waals surface area contributed by atoms with Gasteiger partial charge in [0.25, 0.3) is 0 Å². The molecule has 11 heavy (non-hydrogen) atoms. The van der Waals surface area contributed by atoms with E-state index in [0.717, 1.165) is 0 Å². The van der Waals surface area contributed by atoms with Crippen LogP contribution in [0.4, 0.5) is 4.39 Å². The van der Waals surface area contributed by atoms with Crippen LogP contribution >= 0.6 is 0 Å². The first-order chi connectivity index (χ1) is 5.27. The molecule has 4 heteroatoms. The number of nitrogens with zero attached hydrogens (tertiary/aromatic N) is 1. The molecule has 0 radical (unpaired) electrons. The molecule has 2 atom stereocenters. The molecule has 1 fully saturated rings. The molecule has 0 aromatic heterocycles. The van der Waals surface area contributed by atoms with Gasteiger partial charge in [0.2, 0.25) is 6.41 Å². The van der Waals surface area contributed by atoms with Crippen LogP contribution in [0.2, 0.25) is 0 Å². The van der Waals surface area contributed by atoms with Crippen LogP contribution in [0, 0.1) is 5.92 Å². The van der Waals surface area contributed by atoms with Crippen molar-refractivity contribution in [3.8, 4) is 0 Å². The predicted octanol–water partition coefficient (Wildman–Crippen LogP) is -0.238. The van der Waals surface area contributed by atoms with Gasteiger partial charge in [0.15, 0.2) is 0 Å². The Bertz CT molecular complexity index is 142. The third-order valence-electron chi connectivity index (χ3n) is 2.16. The summed E-state index contributed by atoms with van der Waals surface area (Å²) in [7, 11) is 0. The molecule has 0 aromatic carbocycles. The molecule has 3 nitrogen and oxygen atoms in total. The first-order valence-corrected chi connectivity index (χ1v) is 3.81. The summed E-state index contributed by atoms with van der Waals surface area (Å²) in [6, 6.07) is 0. The van der Waals surface area contributed by atoms with Gasteiger partial charge in [-0.25, -0.2) is 4.39 Å². The molecule has 1 unspecified atom stereocenters. The van der Waals surface area contributed by atoms with Crippen LogP contribution in [0.1, 0.15) is 6.42 Å². The van der Waals surface area contributed by atoms with Gasteiger partial charge in [-0.05, 0) is 13.0 Å². The van der Waals surface area contributed by atoms with Crippen molar-refractivity contribution in [2.24, 2.45) is 11.7 Å². The molecule has 0 bridgehead atoms. The zero-order valence-corrected chi connectivity index (χ0v) is 6.37. The summed E-state index contributed by atoms with van der Waals surface area (Å²) in [4.78, 5) is 11.7. The topological polar surface area (TPSA) is 46.3 Å². The molecule has 1 aliphatic rings. The fourth-order valence-electron chi connectivity index (χ4n) is 1.34. The van der Waals surface area contributed by atoms with E-state index in [4.69, 9.17) is 5.73 Å². The summed E-state index contributed by atoms with van der Waals surface area (Å²) in [5.74, 6) is -0.0498.